The largest absolute Gasteiger partial charge is 0.508 e. The van der Waals surface area contributed by atoms with Gasteiger partial charge in [0.1, 0.15) is 48.5 Å². The molecule has 42 heavy (non-hydrogen) atoms. The first kappa shape index (κ1) is 30.1. The van der Waals surface area contributed by atoms with Crippen molar-refractivity contribution in [3.63, 3.8) is 0 Å². The van der Waals surface area contributed by atoms with E-state index in [-0.39, 0.29) is 22.8 Å². The second kappa shape index (κ2) is 11.7. The number of benzene rings is 1. The molecule has 1 aromatic carbocycles. The number of hydrogen-bond acceptors (Lipinski definition) is 15. The van der Waals surface area contributed by atoms with E-state index in [4.69, 9.17) is 23.7 Å². The minimum Gasteiger partial charge on any atom is -0.508 e. The molecule has 15 heteroatoms. The molecule has 0 spiro atoms. The molecule has 0 aromatic heterocycles. The summed E-state index contributed by atoms with van der Waals surface area (Å²) in [6.45, 7) is 0.931. The highest BCUT2D eigenvalue weighted by Gasteiger charge is 2.48. The molecule has 10 N–H and O–H groups in total. The molecule has 11 atom stereocenters. The van der Waals surface area contributed by atoms with E-state index in [0.717, 1.165) is 6.08 Å². The number of aliphatic hydroxyl groups is 9. The third kappa shape index (κ3) is 5.54. The number of phenols is 1. The van der Waals surface area contributed by atoms with E-state index >= 15 is 0 Å². The normalized spacial score (nSPS) is 38.8. The molecule has 5 rings (SSSR count). The predicted molar refractivity (Wildman–Crippen MR) is 137 cm³/mol. The fourth-order valence-corrected chi connectivity index (χ4v) is 4.87. The van der Waals surface area contributed by atoms with Gasteiger partial charge >= 0.3 is 0 Å². The van der Waals surface area contributed by atoms with Crippen LogP contribution in [0.3, 0.4) is 0 Å². The Morgan fingerprint density at radius 3 is 2.07 bits per heavy atom. The van der Waals surface area contributed by atoms with E-state index < -0.39 is 91.4 Å². The first-order valence-corrected chi connectivity index (χ1v) is 13.0. The Bertz CT molecular complexity index is 1290. The number of fused-ring (bicyclic) bond motifs is 1. The lowest BCUT2D eigenvalue weighted by Gasteiger charge is -2.42. The van der Waals surface area contributed by atoms with Gasteiger partial charge in [-0.25, -0.2) is 0 Å². The number of ether oxygens (including phenoxy) is 5. The molecule has 0 radical (unpaired) electrons. The molecule has 0 bridgehead atoms. The van der Waals surface area contributed by atoms with Crippen LogP contribution >= 0.6 is 0 Å². The summed E-state index contributed by atoms with van der Waals surface area (Å²) >= 11 is 0. The van der Waals surface area contributed by atoms with E-state index in [2.05, 4.69) is 0 Å². The number of aromatic hydroxyl groups is 1. The zero-order chi connectivity index (χ0) is 30.5. The minimum absolute atomic E-state index is 0.00598. The highest BCUT2D eigenvalue weighted by Crippen LogP contribution is 2.39. The highest BCUT2D eigenvalue weighted by molar-refractivity contribution is 5.68. The quantitative estimate of drug-likeness (QED) is 0.186. The fourth-order valence-electron chi connectivity index (χ4n) is 4.87. The second-order valence-electron chi connectivity index (χ2n) is 10.3. The number of phenolic OH excluding ortho intramolecular Hbond substituents is 1. The zero-order valence-electron chi connectivity index (χ0n) is 22.0. The number of allylic oxidation sites excluding steroid dienone is 1. The lowest BCUT2D eigenvalue weighted by molar-refractivity contribution is -0.323. The molecule has 3 heterocycles. The fraction of sp³-hybridized carbons (Fsp3) is 0.481. The topological polar surface area (TPSA) is 248 Å². The molecule has 2 saturated heterocycles. The van der Waals surface area contributed by atoms with Crippen molar-refractivity contribution in [2.75, 3.05) is 6.61 Å². The van der Waals surface area contributed by atoms with E-state index in [1.54, 1.807) is 0 Å². The first-order chi connectivity index (χ1) is 19.9. The molecular weight excluding hydrogens is 564 g/mol. The molecule has 4 aliphatic rings. The standard InChI is InChI=1S/C27H32O15/c1-9-17(30)21(34)23(36)26(39-9)38-8-16-20(33)22(35)24(37)27(42-16)41-15-6-12-14(7-13(29)19(32)18(12)31)40-25(15)10-2-4-11(28)5-3-10/h2-7,9,14,16-17,20-24,26-37H,8H2,1H3/t9-,14?,16+,17-,20+,21+,22-,23+,24+,26+,27-/m0/s1. The van der Waals surface area contributed by atoms with Crippen LogP contribution in [0.25, 0.3) is 5.76 Å². The Balaban J connectivity index is 1.40. The highest BCUT2D eigenvalue weighted by atomic mass is 16.7. The van der Waals surface area contributed by atoms with Gasteiger partial charge in [0.05, 0.1) is 12.7 Å². The Morgan fingerprint density at radius 1 is 0.738 bits per heavy atom. The summed E-state index contributed by atoms with van der Waals surface area (Å²) in [5.74, 6) is -2.35. The van der Waals surface area contributed by atoms with Crippen molar-refractivity contribution in [1.82, 2.24) is 0 Å². The van der Waals surface area contributed by atoms with Crippen molar-refractivity contribution < 1.29 is 74.7 Å². The van der Waals surface area contributed by atoms with E-state index in [9.17, 15) is 51.1 Å². The third-order valence-corrected chi connectivity index (χ3v) is 7.39. The van der Waals surface area contributed by atoms with Crippen LogP contribution in [0, 0.1) is 0 Å². The van der Waals surface area contributed by atoms with Crippen LogP contribution in [0.1, 0.15) is 12.5 Å². The molecule has 1 aromatic rings. The minimum atomic E-state index is -1.82. The molecule has 1 unspecified atom stereocenters. The molecule has 0 amide bonds. The molecule has 15 nitrogen and oxygen atoms in total. The average molecular weight is 597 g/mol. The summed E-state index contributed by atoms with van der Waals surface area (Å²) in [5, 5.41) is 102. The summed E-state index contributed by atoms with van der Waals surface area (Å²) in [4.78, 5) is 0. The smallest absolute Gasteiger partial charge is 0.229 e. The van der Waals surface area contributed by atoms with Crippen LogP contribution in [0.2, 0.25) is 0 Å². The van der Waals surface area contributed by atoms with Gasteiger partial charge in [-0.1, -0.05) is 0 Å². The van der Waals surface area contributed by atoms with Gasteiger partial charge in [0, 0.05) is 17.2 Å². The number of hydrogen-bond donors (Lipinski definition) is 10. The SMILES string of the molecule is C[C@@H]1O[C@@H](OC[C@H]2O[C@H](OC3=C(c4ccc(O)cc4)OC4C=C(O)C(O)=C(O)C4=C3)[C@H](O)[C@@H](O)[C@@H]2O)[C@H](O)[C@H](O)[C@H]1O. The van der Waals surface area contributed by atoms with E-state index in [1.165, 1.54) is 37.3 Å². The molecule has 1 aliphatic carbocycles. The van der Waals surface area contributed by atoms with Gasteiger partial charge < -0.3 is 74.7 Å². The lowest BCUT2D eigenvalue weighted by atomic mass is 9.96. The molecule has 230 valence electrons. The second-order valence-corrected chi connectivity index (χ2v) is 10.3. The number of aliphatic hydroxyl groups excluding tert-OH is 9. The van der Waals surface area contributed by atoms with Crippen molar-refractivity contribution in [2.24, 2.45) is 0 Å². The van der Waals surface area contributed by atoms with Crippen LogP contribution < -0.4 is 0 Å². The van der Waals surface area contributed by atoms with Crippen molar-refractivity contribution in [3.8, 4) is 5.75 Å². The molecular formula is C27H32O15. The monoisotopic (exact) mass is 596 g/mol. The van der Waals surface area contributed by atoms with Gasteiger partial charge in [0.25, 0.3) is 0 Å². The van der Waals surface area contributed by atoms with Crippen LogP contribution in [0.5, 0.6) is 5.75 Å². The Morgan fingerprint density at radius 2 is 1.38 bits per heavy atom. The predicted octanol–water partition coefficient (Wildman–Crippen LogP) is -1.16. The maximum atomic E-state index is 10.7. The molecule has 3 aliphatic heterocycles. The molecule has 2 fully saturated rings. The summed E-state index contributed by atoms with van der Waals surface area (Å²) in [5.41, 5.74) is 0.334. The van der Waals surface area contributed by atoms with Gasteiger partial charge in [0.2, 0.25) is 12.0 Å². The Kier molecular flexibility index (Phi) is 8.39. The van der Waals surface area contributed by atoms with Crippen molar-refractivity contribution in [2.45, 2.75) is 74.4 Å². The van der Waals surface area contributed by atoms with Gasteiger partial charge in [-0.3, -0.25) is 0 Å². The third-order valence-electron chi connectivity index (χ3n) is 7.39. The maximum Gasteiger partial charge on any atom is 0.229 e. The molecule has 0 saturated carbocycles. The first-order valence-electron chi connectivity index (χ1n) is 13.0. The van der Waals surface area contributed by atoms with Gasteiger partial charge in [-0.05, 0) is 37.3 Å². The Labute approximate surface area is 238 Å². The number of rotatable bonds is 6. The van der Waals surface area contributed by atoms with Gasteiger partial charge in [0.15, 0.2) is 35.4 Å². The van der Waals surface area contributed by atoms with Gasteiger partial charge in [-0.2, -0.15) is 0 Å². The van der Waals surface area contributed by atoms with Crippen molar-refractivity contribution >= 4 is 5.76 Å². The van der Waals surface area contributed by atoms with Crippen molar-refractivity contribution in [3.05, 3.63) is 70.6 Å². The van der Waals surface area contributed by atoms with Crippen LogP contribution in [-0.4, -0.2) is 125 Å². The maximum absolute atomic E-state index is 10.7. The zero-order valence-corrected chi connectivity index (χ0v) is 22.0. The summed E-state index contributed by atoms with van der Waals surface area (Å²) in [6, 6.07) is 5.67. The summed E-state index contributed by atoms with van der Waals surface area (Å²) in [6.07, 6.45) is -13.9. The van der Waals surface area contributed by atoms with Crippen LogP contribution in [0.4, 0.5) is 0 Å². The summed E-state index contributed by atoms with van der Waals surface area (Å²) < 4.78 is 28.4. The summed E-state index contributed by atoms with van der Waals surface area (Å²) in [7, 11) is 0. The van der Waals surface area contributed by atoms with Gasteiger partial charge in [-0.15, -0.1) is 0 Å². The van der Waals surface area contributed by atoms with E-state index in [1.807, 2.05) is 0 Å². The van der Waals surface area contributed by atoms with Crippen LogP contribution in [0.15, 0.2) is 65.0 Å². The van der Waals surface area contributed by atoms with E-state index in [0.29, 0.717) is 5.56 Å². The van der Waals surface area contributed by atoms with Crippen molar-refractivity contribution in [1.29, 1.82) is 0 Å². The average Bonchev–Trinajstić information content (AvgIpc) is 2.97. The van der Waals surface area contributed by atoms with Crippen LogP contribution in [-0.2, 0) is 23.7 Å². The Hall–Kier alpha value is -3.38. The lowest BCUT2D eigenvalue weighted by Crippen LogP contribution is -2.61.